The molecule has 1 aliphatic rings. The van der Waals surface area contributed by atoms with E-state index in [1.807, 2.05) is 44.2 Å². The quantitative estimate of drug-likeness (QED) is 0.0149. The van der Waals surface area contributed by atoms with Crippen molar-refractivity contribution in [3.63, 3.8) is 0 Å². The number of cyclic esters (lactones) is 1. The summed E-state index contributed by atoms with van der Waals surface area (Å²) < 4.78 is 5.75. The van der Waals surface area contributed by atoms with Gasteiger partial charge >= 0.3 is 5.97 Å². The number of amides is 10. The van der Waals surface area contributed by atoms with E-state index < -0.39 is 174 Å². The fraction of sp³-hybridized carbons (Fsp3) is 0.694. The summed E-state index contributed by atoms with van der Waals surface area (Å²) in [5.74, 6) is -12.0. The molecule has 1 fully saturated rings. The molecule has 0 spiro atoms. The van der Waals surface area contributed by atoms with Crippen LogP contribution < -0.4 is 81.4 Å². The van der Waals surface area contributed by atoms with Gasteiger partial charge in [0.2, 0.25) is 59.1 Å². The molecule has 0 bridgehead atoms. The third-order valence-corrected chi connectivity index (χ3v) is 17.0. The normalized spacial score (nSPS) is 21.0. The van der Waals surface area contributed by atoms with Crippen LogP contribution in [0.1, 0.15) is 146 Å². The zero-order valence-electron chi connectivity index (χ0n) is 55.9. The summed E-state index contributed by atoms with van der Waals surface area (Å²) in [5.41, 5.74) is 23.2. The van der Waals surface area contributed by atoms with Gasteiger partial charge in [-0.25, -0.2) is 4.79 Å². The Hall–Kier alpha value is -8.15. The number of aliphatic hydroxyl groups is 1. The first-order valence-electron chi connectivity index (χ1n) is 32.1. The van der Waals surface area contributed by atoms with Crippen LogP contribution in [0.3, 0.4) is 0 Å². The van der Waals surface area contributed by atoms with Gasteiger partial charge in [-0.2, -0.15) is 0 Å². The molecule has 1 heterocycles. The number of carbonyl (C=O) groups is 11. The van der Waals surface area contributed by atoms with Gasteiger partial charge in [0.05, 0.1) is 12.6 Å². The highest BCUT2D eigenvalue weighted by Crippen LogP contribution is 2.19. The van der Waals surface area contributed by atoms with E-state index in [1.165, 1.54) is 13.8 Å². The van der Waals surface area contributed by atoms with Crippen LogP contribution in [-0.4, -0.2) is 181 Å². The smallest absolute Gasteiger partial charge is 0.329 e. The van der Waals surface area contributed by atoms with Crippen molar-refractivity contribution >= 4 is 77.0 Å². The van der Waals surface area contributed by atoms with E-state index in [-0.39, 0.29) is 57.1 Å². The van der Waals surface area contributed by atoms with Crippen LogP contribution in [0.4, 0.5) is 0 Å². The van der Waals surface area contributed by atoms with Crippen molar-refractivity contribution in [1.29, 1.82) is 0 Å². The molecule has 1 aliphatic heterocycles. The predicted molar refractivity (Wildman–Crippen MR) is 348 cm³/mol. The average molecular weight is 1300 g/mol. The lowest BCUT2D eigenvalue weighted by Gasteiger charge is -2.31. The van der Waals surface area contributed by atoms with E-state index >= 15 is 0 Å². The molecule has 92 heavy (non-hydrogen) atoms. The standard InChI is InChI=1S/C62H107N17O13/c1-14-32(6)44(76-53(84)42(67-13)30-39-24-20-19-21-25-39)55(86)72-40(26-22-28-68-61(63)64)51(82)71-41(27-23-29-69-62(65)66)52(83)75-47(35(9)17-4)57(88)77-45(33(7)15-2)56(87)73-43(31-80)54(85)79-49-38(12)92-60(91)48(36(10)18-5)78-58(89)46(34(8)16-3)74-50(81)37(11)70-59(49)90/h19-21,24-25,32-38,40-49,67,80H,14-18,22-23,26-31H2,1-13H3,(H,70,90)(H,71,82)(H,72,86)(H,73,87)(H,74,81)(H,75,83)(H,76,84)(H,77,88)(H,78,89)(H,79,85)(H4,63,64,68)(H4,65,66,69)/t32-,33-,34?,35+,36-,37-,38-,40-,41+,42+,43-,44-,45-,46-,47+,48-,49+/m0/s1. The number of carbonyl (C=O) groups excluding carboxylic acids is 11. The summed E-state index contributed by atoms with van der Waals surface area (Å²) in [7, 11) is 1.63. The number of esters is 1. The van der Waals surface area contributed by atoms with E-state index in [2.05, 4.69) is 68.5 Å². The van der Waals surface area contributed by atoms with Crippen molar-refractivity contribution < 1.29 is 62.6 Å². The fourth-order valence-electron chi connectivity index (χ4n) is 9.80. The second-order valence-electron chi connectivity index (χ2n) is 24.0. The van der Waals surface area contributed by atoms with Gasteiger partial charge in [-0.05, 0) is 88.2 Å². The maximum Gasteiger partial charge on any atom is 0.329 e. The summed E-state index contributed by atoms with van der Waals surface area (Å²) in [6.07, 6.45) is 0.976. The monoisotopic (exact) mass is 1300 g/mol. The van der Waals surface area contributed by atoms with Crippen molar-refractivity contribution in [2.75, 3.05) is 26.7 Å². The largest absolute Gasteiger partial charge is 0.458 e. The third kappa shape index (κ3) is 25.9. The Kier molecular flexibility index (Phi) is 35.3. The van der Waals surface area contributed by atoms with Gasteiger partial charge in [0.1, 0.15) is 66.5 Å². The number of hydrogen-bond acceptors (Lipinski definition) is 16. The maximum absolute atomic E-state index is 14.7. The Morgan fingerprint density at radius 2 is 0.946 bits per heavy atom. The molecule has 0 aromatic heterocycles. The van der Waals surface area contributed by atoms with Crippen LogP contribution in [-0.2, 0) is 63.9 Å². The molecule has 30 heteroatoms. The number of benzene rings is 1. The fourth-order valence-corrected chi connectivity index (χ4v) is 9.80. The van der Waals surface area contributed by atoms with E-state index in [1.54, 1.807) is 62.4 Å². The van der Waals surface area contributed by atoms with Crippen LogP contribution in [0.2, 0.25) is 0 Å². The summed E-state index contributed by atoms with van der Waals surface area (Å²) in [5, 5.41) is 40.3. The van der Waals surface area contributed by atoms with Crippen molar-refractivity contribution in [3.8, 4) is 0 Å². The Labute approximate surface area is 541 Å². The molecule has 17 atom stereocenters. The molecule has 20 N–H and O–H groups in total. The highest BCUT2D eigenvalue weighted by molar-refractivity contribution is 5.99. The first-order valence-corrected chi connectivity index (χ1v) is 32.1. The van der Waals surface area contributed by atoms with Crippen LogP contribution in [0.25, 0.3) is 0 Å². The molecule has 30 nitrogen and oxygen atoms in total. The second kappa shape index (κ2) is 40.7. The van der Waals surface area contributed by atoms with Gasteiger partial charge in [-0.1, -0.05) is 132 Å². The summed E-state index contributed by atoms with van der Waals surface area (Å²) in [4.78, 5) is 164. The topological polar surface area (TPSA) is 478 Å². The number of rotatable bonds is 36. The number of nitrogens with zero attached hydrogens (tertiary/aromatic N) is 2. The van der Waals surface area contributed by atoms with Gasteiger partial charge in [0.15, 0.2) is 11.9 Å². The number of nitrogens with one attached hydrogen (secondary N) is 11. The average Bonchev–Trinajstić information content (AvgIpc) is 1.35. The Bertz CT molecular complexity index is 2660. The highest BCUT2D eigenvalue weighted by atomic mass is 16.5. The van der Waals surface area contributed by atoms with E-state index in [4.69, 9.17) is 27.7 Å². The minimum absolute atomic E-state index is 0.0274. The zero-order valence-corrected chi connectivity index (χ0v) is 55.9. The first-order chi connectivity index (χ1) is 43.4. The number of aliphatic imine (C=N–C) groups is 2. The van der Waals surface area contributed by atoms with E-state index in [0.29, 0.717) is 32.1 Å². The first kappa shape index (κ1) is 79.9. The number of guanidine groups is 2. The van der Waals surface area contributed by atoms with Crippen LogP contribution >= 0.6 is 0 Å². The molecular weight excluding hydrogens is 1190 g/mol. The number of ether oxygens (including phenoxy) is 1. The van der Waals surface area contributed by atoms with Gasteiger partial charge in [0.25, 0.3) is 0 Å². The summed E-state index contributed by atoms with van der Waals surface area (Å²) in [6, 6.07) is -5.16. The highest BCUT2D eigenvalue weighted by Gasteiger charge is 2.41. The third-order valence-electron chi connectivity index (χ3n) is 17.0. The lowest BCUT2D eigenvalue weighted by molar-refractivity contribution is -0.157. The molecule has 1 saturated heterocycles. The number of likely N-dealkylation sites (N-methyl/N-ethyl adjacent to an activating group) is 1. The Balaban J connectivity index is 2.53. The minimum atomic E-state index is -1.79. The molecule has 0 aliphatic carbocycles. The van der Waals surface area contributed by atoms with Crippen molar-refractivity contribution in [3.05, 3.63) is 35.9 Å². The summed E-state index contributed by atoms with van der Waals surface area (Å²) >= 11 is 0. The van der Waals surface area contributed by atoms with Gasteiger partial charge in [-0.15, -0.1) is 0 Å². The van der Waals surface area contributed by atoms with Crippen molar-refractivity contribution in [1.82, 2.24) is 58.5 Å². The van der Waals surface area contributed by atoms with Crippen molar-refractivity contribution in [2.45, 2.75) is 220 Å². The SMILES string of the molecule is CCC(C)[C@@H]1NC(=O)[C@H](C)NC(=O)[C@H](NC(=O)[C@H](CO)NC(=O)[C@@H](NC(=O)[C@H](NC(=O)[C@@H](CCCN=C(N)N)NC(=O)[C@H](CCCN=C(N)N)NC(=O)[C@@H](NC(=O)[C@@H](Cc2ccccc2)NC)[C@@H](C)CC)[C@H](C)CC)[C@@H](C)CC)[C@H](C)OC(=O)[C@H]([C@@H](C)CC)NC1=O. The second-order valence-corrected chi connectivity index (χ2v) is 24.0. The molecule has 0 saturated carbocycles. The molecule has 1 aromatic carbocycles. The molecule has 1 aromatic rings. The van der Waals surface area contributed by atoms with E-state index in [0.717, 1.165) is 5.56 Å². The number of aliphatic hydroxyl groups excluding tert-OH is 1. The lowest BCUT2D eigenvalue weighted by atomic mass is 9.94. The van der Waals surface area contributed by atoms with Gasteiger partial charge < -0.3 is 91.3 Å². The van der Waals surface area contributed by atoms with Gasteiger partial charge in [-0.3, -0.25) is 57.9 Å². The van der Waals surface area contributed by atoms with Crippen LogP contribution in [0.15, 0.2) is 40.3 Å². The number of hydrogen-bond donors (Lipinski definition) is 16. The van der Waals surface area contributed by atoms with Crippen LogP contribution in [0, 0.1) is 29.6 Å². The zero-order chi connectivity index (χ0) is 69.5. The number of nitrogens with two attached hydrogens (primary N) is 4. The van der Waals surface area contributed by atoms with Crippen LogP contribution in [0.5, 0.6) is 0 Å². The lowest BCUT2D eigenvalue weighted by Crippen LogP contribution is -2.63. The molecule has 0 radical (unpaired) electrons. The van der Waals surface area contributed by atoms with Crippen molar-refractivity contribution in [2.24, 2.45) is 62.5 Å². The molecule has 2 rings (SSSR count). The predicted octanol–water partition coefficient (Wildman–Crippen LogP) is -2.04. The molecule has 1 unspecified atom stereocenters. The van der Waals surface area contributed by atoms with E-state index in [9.17, 15) is 57.8 Å². The maximum atomic E-state index is 14.7. The molecule has 518 valence electrons. The summed E-state index contributed by atoms with van der Waals surface area (Å²) in [6.45, 7) is 19.2. The Morgan fingerprint density at radius 1 is 0.533 bits per heavy atom. The minimum Gasteiger partial charge on any atom is -0.458 e. The molecular formula is C62H107N17O13. The Morgan fingerprint density at radius 3 is 1.39 bits per heavy atom. The van der Waals surface area contributed by atoms with Gasteiger partial charge in [0, 0.05) is 13.1 Å². The molecule has 10 amide bonds.